The summed E-state index contributed by atoms with van der Waals surface area (Å²) in [5.41, 5.74) is 6.40. The lowest BCUT2D eigenvalue weighted by Crippen LogP contribution is -2.03. The van der Waals surface area contributed by atoms with Crippen molar-refractivity contribution in [1.82, 2.24) is 0 Å². The first-order chi connectivity index (χ1) is 8.34. The van der Waals surface area contributed by atoms with Gasteiger partial charge in [0.15, 0.2) is 0 Å². The number of ether oxygens (including phenoxy) is 1. The van der Waals surface area contributed by atoms with Crippen molar-refractivity contribution in [3.05, 3.63) is 24.3 Å². The van der Waals surface area contributed by atoms with Crippen LogP contribution in [0.5, 0.6) is 5.75 Å². The maximum absolute atomic E-state index is 5.65. The number of hydrogen-bond donors (Lipinski definition) is 1. The second-order valence-corrected chi connectivity index (χ2v) is 5.79. The molecule has 1 saturated carbocycles. The van der Waals surface area contributed by atoms with E-state index >= 15 is 0 Å². The fraction of sp³-hybridized carbons (Fsp3) is 0.571. The van der Waals surface area contributed by atoms with E-state index in [4.69, 9.17) is 10.5 Å². The van der Waals surface area contributed by atoms with Gasteiger partial charge >= 0.3 is 0 Å². The Kier molecular flexibility index (Phi) is 5.05. The second-order valence-electron chi connectivity index (χ2n) is 4.64. The molecule has 0 atom stereocenters. The van der Waals surface area contributed by atoms with Crippen LogP contribution in [0.3, 0.4) is 0 Å². The SMILES string of the molecule is Nc1ccc(OCCSCC2CCCC2)cc1. The summed E-state index contributed by atoms with van der Waals surface area (Å²) in [6.45, 7) is 0.793. The predicted octanol–water partition coefficient (Wildman–Crippen LogP) is 3.57. The summed E-state index contributed by atoms with van der Waals surface area (Å²) in [5, 5.41) is 0. The lowest BCUT2D eigenvalue weighted by molar-refractivity contribution is 0.344. The van der Waals surface area contributed by atoms with Crippen LogP contribution in [0.1, 0.15) is 25.7 Å². The van der Waals surface area contributed by atoms with Gasteiger partial charge in [-0.25, -0.2) is 0 Å². The Morgan fingerprint density at radius 1 is 1.18 bits per heavy atom. The molecule has 1 aliphatic carbocycles. The monoisotopic (exact) mass is 251 g/mol. The Hall–Kier alpha value is -0.830. The maximum Gasteiger partial charge on any atom is 0.119 e. The largest absolute Gasteiger partial charge is 0.493 e. The number of anilines is 1. The fourth-order valence-electron chi connectivity index (χ4n) is 2.21. The molecule has 0 amide bonds. The minimum atomic E-state index is 0.785. The zero-order valence-corrected chi connectivity index (χ0v) is 11.0. The van der Waals surface area contributed by atoms with Gasteiger partial charge in [0.2, 0.25) is 0 Å². The number of nitrogen functional groups attached to an aromatic ring is 1. The summed E-state index contributed by atoms with van der Waals surface area (Å²) in [5.74, 6) is 4.28. The molecule has 2 nitrogen and oxygen atoms in total. The lowest BCUT2D eigenvalue weighted by atomic mass is 10.1. The van der Waals surface area contributed by atoms with E-state index in [0.29, 0.717) is 0 Å². The predicted molar refractivity (Wildman–Crippen MR) is 75.6 cm³/mol. The molecule has 0 bridgehead atoms. The molecular formula is C14H21NOS. The van der Waals surface area contributed by atoms with E-state index in [0.717, 1.165) is 29.7 Å². The molecule has 17 heavy (non-hydrogen) atoms. The molecular weight excluding hydrogens is 230 g/mol. The van der Waals surface area contributed by atoms with Gasteiger partial charge in [-0.2, -0.15) is 11.8 Å². The van der Waals surface area contributed by atoms with Crippen molar-refractivity contribution in [2.24, 2.45) is 5.92 Å². The molecule has 94 valence electrons. The zero-order valence-electron chi connectivity index (χ0n) is 10.2. The Balaban J connectivity index is 1.55. The number of rotatable bonds is 6. The van der Waals surface area contributed by atoms with Gasteiger partial charge in [-0.15, -0.1) is 0 Å². The van der Waals surface area contributed by atoms with E-state index in [1.54, 1.807) is 0 Å². The van der Waals surface area contributed by atoms with Gasteiger partial charge in [0.05, 0.1) is 6.61 Å². The Morgan fingerprint density at radius 3 is 2.59 bits per heavy atom. The summed E-state index contributed by atoms with van der Waals surface area (Å²) in [6, 6.07) is 7.61. The topological polar surface area (TPSA) is 35.2 Å². The standard InChI is InChI=1S/C14H21NOS/c15-13-5-7-14(8-6-13)16-9-10-17-11-12-3-1-2-4-12/h5-8,12H,1-4,9-11,15H2. The van der Waals surface area contributed by atoms with Crippen LogP contribution in [0.4, 0.5) is 5.69 Å². The molecule has 0 saturated heterocycles. The highest BCUT2D eigenvalue weighted by molar-refractivity contribution is 7.99. The van der Waals surface area contributed by atoms with Crippen LogP contribution in [0.15, 0.2) is 24.3 Å². The molecule has 3 heteroatoms. The molecule has 0 unspecified atom stereocenters. The molecule has 0 aliphatic heterocycles. The highest BCUT2D eigenvalue weighted by atomic mass is 32.2. The summed E-state index contributed by atoms with van der Waals surface area (Å²) in [6.07, 6.45) is 5.75. The van der Waals surface area contributed by atoms with Gasteiger partial charge < -0.3 is 10.5 Å². The summed E-state index contributed by atoms with van der Waals surface area (Å²) < 4.78 is 5.65. The van der Waals surface area contributed by atoms with Crippen molar-refractivity contribution >= 4 is 17.4 Å². The zero-order chi connectivity index (χ0) is 11.9. The summed E-state index contributed by atoms with van der Waals surface area (Å²) in [7, 11) is 0. The molecule has 1 aromatic carbocycles. The second kappa shape index (κ2) is 6.80. The lowest BCUT2D eigenvalue weighted by Gasteiger charge is -2.09. The van der Waals surface area contributed by atoms with Gasteiger partial charge in [0, 0.05) is 11.4 Å². The van der Waals surface area contributed by atoms with E-state index < -0.39 is 0 Å². The van der Waals surface area contributed by atoms with E-state index in [-0.39, 0.29) is 0 Å². The Bertz CT molecular complexity index is 319. The van der Waals surface area contributed by atoms with Crippen molar-refractivity contribution in [2.75, 3.05) is 23.8 Å². The number of thioether (sulfide) groups is 1. The van der Waals surface area contributed by atoms with Gasteiger partial charge in [-0.05, 0) is 48.8 Å². The summed E-state index contributed by atoms with van der Waals surface area (Å²) >= 11 is 2.02. The molecule has 0 aromatic heterocycles. The first-order valence-electron chi connectivity index (χ1n) is 6.40. The third kappa shape index (κ3) is 4.50. The average molecular weight is 251 g/mol. The normalized spacial score (nSPS) is 16.2. The van der Waals surface area contributed by atoms with Crippen molar-refractivity contribution in [3.8, 4) is 5.75 Å². The number of hydrogen-bond acceptors (Lipinski definition) is 3. The molecule has 1 fully saturated rings. The van der Waals surface area contributed by atoms with E-state index in [2.05, 4.69) is 0 Å². The average Bonchev–Trinajstić information content (AvgIpc) is 2.84. The fourth-order valence-corrected chi connectivity index (χ4v) is 3.24. The van der Waals surface area contributed by atoms with E-state index in [1.807, 2.05) is 36.0 Å². The smallest absolute Gasteiger partial charge is 0.119 e. The van der Waals surface area contributed by atoms with Crippen LogP contribution in [0, 0.1) is 5.92 Å². The number of benzene rings is 1. The highest BCUT2D eigenvalue weighted by Gasteiger charge is 2.14. The van der Waals surface area contributed by atoms with Crippen LogP contribution in [-0.4, -0.2) is 18.1 Å². The van der Waals surface area contributed by atoms with Crippen molar-refractivity contribution in [3.63, 3.8) is 0 Å². The molecule has 1 aliphatic rings. The summed E-state index contributed by atoms with van der Waals surface area (Å²) in [4.78, 5) is 0. The molecule has 0 heterocycles. The van der Waals surface area contributed by atoms with Crippen LogP contribution < -0.4 is 10.5 Å². The third-order valence-electron chi connectivity index (χ3n) is 3.20. The Morgan fingerprint density at radius 2 is 1.88 bits per heavy atom. The molecule has 0 radical (unpaired) electrons. The van der Waals surface area contributed by atoms with Crippen LogP contribution in [0.2, 0.25) is 0 Å². The molecule has 1 aromatic rings. The van der Waals surface area contributed by atoms with Crippen molar-refractivity contribution in [2.45, 2.75) is 25.7 Å². The first kappa shape index (κ1) is 12.6. The minimum absolute atomic E-state index is 0.785. The van der Waals surface area contributed by atoms with Crippen LogP contribution in [0.25, 0.3) is 0 Å². The Labute approximate surface area is 108 Å². The molecule has 2 rings (SSSR count). The van der Waals surface area contributed by atoms with Crippen molar-refractivity contribution in [1.29, 1.82) is 0 Å². The van der Waals surface area contributed by atoms with Gasteiger partial charge in [0.1, 0.15) is 5.75 Å². The van der Waals surface area contributed by atoms with E-state index in [1.165, 1.54) is 31.4 Å². The highest BCUT2D eigenvalue weighted by Crippen LogP contribution is 2.27. The van der Waals surface area contributed by atoms with Gasteiger partial charge in [0.25, 0.3) is 0 Å². The molecule has 2 N–H and O–H groups in total. The van der Waals surface area contributed by atoms with Crippen LogP contribution >= 0.6 is 11.8 Å². The molecule has 0 spiro atoms. The quantitative estimate of drug-likeness (QED) is 0.620. The maximum atomic E-state index is 5.65. The van der Waals surface area contributed by atoms with E-state index in [9.17, 15) is 0 Å². The number of nitrogens with two attached hydrogens (primary N) is 1. The minimum Gasteiger partial charge on any atom is -0.493 e. The third-order valence-corrected chi connectivity index (χ3v) is 4.37. The van der Waals surface area contributed by atoms with Gasteiger partial charge in [-0.1, -0.05) is 12.8 Å². The van der Waals surface area contributed by atoms with Crippen molar-refractivity contribution < 1.29 is 4.74 Å². The van der Waals surface area contributed by atoms with Gasteiger partial charge in [-0.3, -0.25) is 0 Å². The first-order valence-corrected chi connectivity index (χ1v) is 7.56. The van der Waals surface area contributed by atoms with Crippen LogP contribution in [-0.2, 0) is 0 Å².